The number of likely N-dealkylation sites (N-methyl/N-ethyl adjacent to an activating group) is 1. The lowest BCUT2D eigenvalue weighted by Gasteiger charge is -2.24. The molecule has 1 saturated carbocycles. The van der Waals surface area contributed by atoms with Crippen molar-refractivity contribution in [2.24, 2.45) is 12.0 Å². The van der Waals surface area contributed by atoms with E-state index in [1.807, 2.05) is 14.1 Å². The monoisotopic (exact) mass is 419 g/mol. The molecule has 0 saturated heterocycles. The minimum absolute atomic E-state index is 0. The predicted octanol–water partition coefficient (Wildman–Crippen LogP) is 2.18. The Bertz CT molecular complexity index is 451. The summed E-state index contributed by atoms with van der Waals surface area (Å²) in [5.74, 6) is 0.874. The highest BCUT2D eigenvalue weighted by Gasteiger charge is 2.18. The standard InChI is InChI=1S/C16H29N5.HI/c1-17-16(19-12-14-8-10-20(2)13-14)18-9-11-21(3)15-6-4-5-7-15;/h8,10,13,15H,4-7,9,11-12H2,1-3H3,(H2,17,18,19);1H. The Hall–Kier alpha value is -0.760. The third-order valence-corrected chi connectivity index (χ3v) is 4.28. The van der Waals surface area contributed by atoms with Crippen molar-refractivity contribution in [3.63, 3.8) is 0 Å². The highest BCUT2D eigenvalue weighted by Crippen LogP contribution is 2.21. The Morgan fingerprint density at radius 3 is 2.68 bits per heavy atom. The Balaban J connectivity index is 0.00000242. The first kappa shape index (κ1) is 19.3. The molecule has 0 bridgehead atoms. The second-order valence-corrected chi connectivity index (χ2v) is 5.96. The maximum Gasteiger partial charge on any atom is 0.191 e. The molecule has 1 aromatic rings. The Morgan fingerprint density at radius 1 is 1.36 bits per heavy atom. The van der Waals surface area contributed by atoms with Crippen molar-refractivity contribution >= 4 is 29.9 Å². The molecule has 0 atom stereocenters. The van der Waals surface area contributed by atoms with Crippen LogP contribution in [-0.2, 0) is 13.6 Å². The zero-order valence-electron chi connectivity index (χ0n) is 14.0. The molecule has 2 rings (SSSR count). The van der Waals surface area contributed by atoms with E-state index in [-0.39, 0.29) is 24.0 Å². The highest BCUT2D eigenvalue weighted by molar-refractivity contribution is 14.0. The van der Waals surface area contributed by atoms with Crippen LogP contribution < -0.4 is 10.6 Å². The van der Waals surface area contributed by atoms with Crippen molar-refractivity contribution in [1.29, 1.82) is 0 Å². The van der Waals surface area contributed by atoms with Crippen LogP contribution in [0.4, 0.5) is 0 Å². The van der Waals surface area contributed by atoms with Crippen LogP contribution in [0, 0.1) is 0 Å². The number of halogens is 1. The van der Waals surface area contributed by atoms with Gasteiger partial charge in [-0.2, -0.15) is 0 Å². The molecule has 0 amide bonds. The molecule has 1 heterocycles. The topological polar surface area (TPSA) is 44.6 Å². The fourth-order valence-corrected chi connectivity index (χ4v) is 2.95. The van der Waals surface area contributed by atoms with Gasteiger partial charge in [0.25, 0.3) is 0 Å². The van der Waals surface area contributed by atoms with Crippen LogP contribution >= 0.6 is 24.0 Å². The van der Waals surface area contributed by atoms with Crippen LogP contribution in [0.2, 0.25) is 0 Å². The van der Waals surface area contributed by atoms with Crippen LogP contribution in [0.15, 0.2) is 23.5 Å². The molecule has 0 spiro atoms. The second kappa shape index (κ2) is 10.1. The largest absolute Gasteiger partial charge is 0.357 e. The lowest BCUT2D eigenvalue weighted by atomic mass is 10.2. The van der Waals surface area contributed by atoms with E-state index in [9.17, 15) is 0 Å². The third kappa shape index (κ3) is 6.16. The maximum absolute atomic E-state index is 4.27. The molecule has 126 valence electrons. The van der Waals surface area contributed by atoms with Crippen LogP contribution in [-0.4, -0.2) is 48.7 Å². The molecule has 0 unspecified atom stereocenters. The summed E-state index contributed by atoms with van der Waals surface area (Å²) in [5.41, 5.74) is 1.27. The maximum atomic E-state index is 4.27. The average Bonchev–Trinajstić information content (AvgIpc) is 3.13. The number of aromatic nitrogens is 1. The summed E-state index contributed by atoms with van der Waals surface area (Å²) in [7, 11) is 6.09. The van der Waals surface area contributed by atoms with Gasteiger partial charge in [-0.25, -0.2) is 0 Å². The molecule has 1 aromatic heterocycles. The first-order valence-corrected chi connectivity index (χ1v) is 7.94. The van der Waals surface area contributed by atoms with E-state index in [1.165, 1.54) is 31.2 Å². The summed E-state index contributed by atoms with van der Waals surface area (Å²) >= 11 is 0. The van der Waals surface area contributed by atoms with E-state index >= 15 is 0 Å². The van der Waals surface area contributed by atoms with E-state index in [0.717, 1.165) is 31.6 Å². The van der Waals surface area contributed by atoms with Crippen molar-refractivity contribution in [2.75, 3.05) is 27.2 Å². The summed E-state index contributed by atoms with van der Waals surface area (Å²) < 4.78 is 2.06. The van der Waals surface area contributed by atoms with Gasteiger partial charge in [-0.15, -0.1) is 24.0 Å². The normalized spacial score (nSPS) is 15.9. The minimum Gasteiger partial charge on any atom is -0.357 e. The van der Waals surface area contributed by atoms with Gasteiger partial charge in [-0.05, 0) is 31.5 Å². The molecule has 0 aromatic carbocycles. The number of guanidine groups is 1. The van der Waals surface area contributed by atoms with Crippen LogP contribution in [0.1, 0.15) is 31.2 Å². The SMILES string of the molecule is CN=C(NCCN(C)C1CCCC1)NCc1ccn(C)c1.I. The summed E-state index contributed by atoms with van der Waals surface area (Å²) in [6.07, 6.45) is 9.68. The summed E-state index contributed by atoms with van der Waals surface area (Å²) in [4.78, 5) is 6.75. The Morgan fingerprint density at radius 2 is 2.09 bits per heavy atom. The van der Waals surface area contributed by atoms with Gasteiger partial charge in [0, 0.05) is 52.2 Å². The van der Waals surface area contributed by atoms with Crippen molar-refractivity contribution in [2.45, 2.75) is 38.3 Å². The summed E-state index contributed by atoms with van der Waals surface area (Å²) in [6.45, 7) is 2.80. The van der Waals surface area contributed by atoms with E-state index in [1.54, 1.807) is 0 Å². The zero-order valence-corrected chi connectivity index (χ0v) is 16.3. The molecule has 1 aliphatic rings. The first-order valence-electron chi connectivity index (χ1n) is 7.94. The molecule has 1 aliphatic carbocycles. The fraction of sp³-hybridized carbons (Fsp3) is 0.688. The van der Waals surface area contributed by atoms with Gasteiger partial charge in [0.05, 0.1) is 0 Å². The summed E-state index contributed by atoms with van der Waals surface area (Å²) in [6, 6.07) is 2.90. The first-order chi connectivity index (χ1) is 10.2. The number of hydrogen-bond donors (Lipinski definition) is 2. The zero-order chi connectivity index (χ0) is 15.1. The van der Waals surface area contributed by atoms with Gasteiger partial charge in [0.1, 0.15) is 0 Å². The molecule has 2 N–H and O–H groups in total. The number of hydrogen-bond acceptors (Lipinski definition) is 2. The number of nitrogens with zero attached hydrogens (tertiary/aromatic N) is 3. The Labute approximate surface area is 151 Å². The molecule has 1 fully saturated rings. The fourth-order valence-electron chi connectivity index (χ4n) is 2.95. The van der Waals surface area contributed by atoms with E-state index in [2.05, 4.69) is 50.6 Å². The molecular weight excluding hydrogens is 389 g/mol. The minimum atomic E-state index is 0. The van der Waals surface area contributed by atoms with Crippen molar-refractivity contribution < 1.29 is 0 Å². The van der Waals surface area contributed by atoms with Gasteiger partial charge in [0.2, 0.25) is 0 Å². The number of aliphatic imine (C=N–C) groups is 1. The average molecular weight is 419 g/mol. The Kier molecular flexibility index (Phi) is 8.85. The van der Waals surface area contributed by atoms with Gasteiger partial charge in [0.15, 0.2) is 5.96 Å². The quantitative estimate of drug-likeness (QED) is 0.422. The van der Waals surface area contributed by atoms with Gasteiger partial charge in [-0.3, -0.25) is 4.99 Å². The van der Waals surface area contributed by atoms with Gasteiger partial charge < -0.3 is 20.1 Å². The molecule has 5 nitrogen and oxygen atoms in total. The lowest BCUT2D eigenvalue weighted by Crippen LogP contribution is -2.42. The number of nitrogens with one attached hydrogen (secondary N) is 2. The molecule has 0 radical (unpaired) electrons. The molecule has 0 aliphatic heterocycles. The smallest absolute Gasteiger partial charge is 0.191 e. The van der Waals surface area contributed by atoms with Crippen molar-refractivity contribution in [3.05, 3.63) is 24.0 Å². The van der Waals surface area contributed by atoms with Crippen molar-refractivity contribution in [3.8, 4) is 0 Å². The highest BCUT2D eigenvalue weighted by atomic mass is 127. The molecular formula is C16H30IN5. The second-order valence-electron chi connectivity index (χ2n) is 5.96. The predicted molar refractivity (Wildman–Crippen MR) is 104 cm³/mol. The van der Waals surface area contributed by atoms with Crippen molar-refractivity contribution in [1.82, 2.24) is 20.1 Å². The third-order valence-electron chi connectivity index (χ3n) is 4.28. The number of aryl methyl sites for hydroxylation is 1. The van der Waals surface area contributed by atoms with E-state index < -0.39 is 0 Å². The van der Waals surface area contributed by atoms with E-state index in [0.29, 0.717) is 0 Å². The summed E-state index contributed by atoms with van der Waals surface area (Å²) in [5, 5.41) is 6.74. The number of rotatable bonds is 6. The molecule has 6 heteroatoms. The van der Waals surface area contributed by atoms with Crippen LogP contribution in [0.25, 0.3) is 0 Å². The van der Waals surface area contributed by atoms with E-state index in [4.69, 9.17) is 0 Å². The lowest BCUT2D eigenvalue weighted by molar-refractivity contribution is 0.249. The van der Waals surface area contributed by atoms with Gasteiger partial charge >= 0.3 is 0 Å². The van der Waals surface area contributed by atoms with Gasteiger partial charge in [-0.1, -0.05) is 12.8 Å². The van der Waals surface area contributed by atoms with Crippen LogP contribution in [0.3, 0.4) is 0 Å². The molecule has 22 heavy (non-hydrogen) atoms. The van der Waals surface area contributed by atoms with Crippen LogP contribution in [0.5, 0.6) is 0 Å².